The molecule has 0 aromatic carbocycles. The zero-order chi connectivity index (χ0) is 11.4. The molecule has 0 spiro atoms. The minimum atomic E-state index is -3.34. The molecule has 6 heteroatoms. The number of hydrogen-bond donors (Lipinski definition) is 2. The highest BCUT2D eigenvalue weighted by Crippen LogP contribution is 2.04. The second kappa shape index (κ2) is 5.63. The lowest BCUT2D eigenvalue weighted by Crippen LogP contribution is -2.38. The Morgan fingerprint density at radius 1 is 1.43 bits per heavy atom. The molecule has 0 aliphatic heterocycles. The van der Waals surface area contributed by atoms with Crippen LogP contribution in [0, 0.1) is 5.92 Å². The molecule has 0 heterocycles. The van der Waals surface area contributed by atoms with Crippen LogP contribution >= 0.6 is 12.2 Å². The fourth-order valence-corrected chi connectivity index (χ4v) is 2.92. The normalized spacial score (nSPS) is 14.3. The molecule has 0 aromatic rings. The molecule has 0 aliphatic carbocycles. The lowest BCUT2D eigenvalue weighted by Gasteiger charge is -2.15. The van der Waals surface area contributed by atoms with Gasteiger partial charge in [-0.1, -0.05) is 26.1 Å². The van der Waals surface area contributed by atoms with Gasteiger partial charge in [-0.05, 0) is 19.3 Å². The van der Waals surface area contributed by atoms with Crippen LogP contribution < -0.4 is 10.5 Å². The molecule has 0 aromatic heterocycles. The number of nitrogens with one attached hydrogen (secondary N) is 1. The molecular weight excluding hydrogens is 220 g/mol. The first-order chi connectivity index (χ1) is 6.23. The van der Waals surface area contributed by atoms with Crippen molar-refractivity contribution in [3.05, 3.63) is 0 Å². The van der Waals surface area contributed by atoms with Crippen LogP contribution in [0.25, 0.3) is 0 Å². The highest BCUT2D eigenvalue weighted by atomic mass is 32.2. The van der Waals surface area contributed by atoms with E-state index in [2.05, 4.69) is 16.9 Å². The Hall–Kier alpha value is -0.200. The van der Waals surface area contributed by atoms with Crippen molar-refractivity contribution >= 4 is 27.2 Å². The summed E-state index contributed by atoms with van der Waals surface area (Å²) in [4.78, 5) is -0.00533. The Labute approximate surface area is 91.3 Å². The van der Waals surface area contributed by atoms with Crippen LogP contribution in [0.2, 0.25) is 0 Å². The Morgan fingerprint density at radius 3 is 2.29 bits per heavy atom. The van der Waals surface area contributed by atoms with Crippen LogP contribution in [0.15, 0.2) is 0 Å². The van der Waals surface area contributed by atoms with Gasteiger partial charge < -0.3 is 5.73 Å². The highest BCUT2D eigenvalue weighted by molar-refractivity contribution is 7.92. The van der Waals surface area contributed by atoms with Crippen molar-refractivity contribution in [2.45, 2.75) is 33.2 Å². The van der Waals surface area contributed by atoms with Gasteiger partial charge in [0.05, 0.1) is 4.99 Å². The first-order valence-electron chi connectivity index (χ1n) is 4.51. The number of sulfonamides is 1. The van der Waals surface area contributed by atoms with Gasteiger partial charge in [0.15, 0.2) is 0 Å². The van der Waals surface area contributed by atoms with Crippen molar-refractivity contribution in [1.82, 2.24) is 4.72 Å². The van der Waals surface area contributed by atoms with E-state index in [0.29, 0.717) is 5.92 Å². The summed E-state index contributed by atoms with van der Waals surface area (Å²) in [7, 11) is -3.34. The Kier molecular flexibility index (Phi) is 5.54. The molecule has 3 N–H and O–H groups in total. The minimum Gasteiger partial charge on any atom is -0.392 e. The molecule has 0 bridgehead atoms. The van der Waals surface area contributed by atoms with Gasteiger partial charge in [-0.2, -0.15) is 0 Å². The number of hydrogen-bond acceptors (Lipinski definition) is 3. The van der Waals surface area contributed by atoms with E-state index in [4.69, 9.17) is 5.73 Å². The van der Waals surface area contributed by atoms with Crippen molar-refractivity contribution in [3.8, 4) is 0 Å². The minimum absolute atomic E-state index is 0.00533. The molecule has 0 radical (unpaired) electrons. The van der Waals surface area contributed by atoms with E-state index in [1.165, 1.54) is 0 Å². The van der Waals surface area contributed by atoms with Gasteiger partial charge in [0.2, 0.25) is 10.0 Å². The number of rotatable bonds is 6. The molecule has 0 saturated carbocycles. The Bertz CT molecular complexity index is 286. The lowest BCUT2D eigenvalue weighted by molar-refractivity contribution is 0.484. The summed E-state index contributed by atoms with van der Waals surface area (Å²) in [5.74, 6) is 0.183. The largest absolute Gasteiger partial charge is 0.392 e. The SMILES string of the molecule is CC(C)CC(C)NS(=O)(=O)CC(N)=S. The molecule has 4 nitrogen and oxygen atoms in total. The summed E-state index contributed by atoms with van der Waals surface area (Å²) in [6.07, 6.45) is 0.802. The van der Waals surface area contributed by atoms with Crippen LogP contribution in [0.1, 0.15) is 27.2 Å². The summed E-state index contributed by atoms with van der Waals surface area (Å²) in [5.41, 5.74) is 5.17. The van der Waals surface area contributed by atoms with Gasteiger partial charge in [0.25, 0.3) is 0 Å². The summed E-state index contributed by atoms with van der Waals surface area (Å²) in [5, 5.41) is 0. The van der Waals surface area contributed by atoms with Gasteiger partial charge >= 0.3 is 0 Å². The number of nitrogens with two attached hydrogens (primary N) is 1. The van der Waals surface area contributed by atoms with E-state index < -0.39 is 10.0 Å². The highest BCUT2D eigenvalue weighted by Gasteiger charge is 2.15. The van der Waals surface area contributed by atoms with E-state index in [-0.39, 0.29) is 16.8 Å². The third-order valence-electron chi connectivity index (χ3n) is 1.54. The van der Waals surface area contributed by atoms with Crippen LogP contribution in [0.4, 0.5) is 0 Å². The average molecular weight is 238 g/mol. The fourth-order valence-electron chi connectivity index (χ4n) is 1.29. The van der Waals surface area contributed by atoms with Crippen LogP contribution in [0.5, 0.6) is 0 Å². The van der Waals surface area contributed by atoms with Crippen molar-refractivity contribution in [2.24, 2.45) is 11.7 Å². The van der Waals surface area contributed by atoms with E-state index in [1.807, 2.05) is 20.8 Å². The number of thiocarbonyl (C=S) groups is 1. The molecule has 0 amide bonds. The molecule has 0 rings (SSSR count). The smallest absolute Gasteiger partial charge is 0.218 e. The van der Waals surface area contributed by atoms with E-state index >= 15 is 0 Å². The molecule has 1 unspecified atom stereocenters. The summed E-state index contributed by atoms with van der Waals surface area (Å²) in [6, 6.07) is -0.0747. The molecule has 0 saturated heterocycles. The predicted octanol–water partition coefficient (Wildman–Crippen LogP) is 0.627. The van der Waals surface area contributed by atoms with Gasteiger partial charge in [0.1, 0.15) is 5.75 Å². The standard InChI is InChI=1S/C8H18N2O2S2/c1-6(2)4-7(3)10-14(11,12)5-8(9)13/h6-7,10H,4-5H2,1-3H3,(H2,9,13). The van der Waals surface area contributed by atoms with Crippen molar-refractivity contribution in [3.63, 3.8) is 0 Å². The maximum atomic E-state index is 11.4. The topological polar surface area (TPSA) is 72.2 Å². The molecular formula is C8H18N2O2S2. The van der Waals surface area contributed by atoms with Crippen LogP contribution in [-0.4, -0.2) is 25.2 Å². The van der Waals surface area contributed by atoms with E-state index in [0.717, 1.165) is 6.42 Å². The molecule has 14 heavy (non-hydrogen) atoms. The Balaban J connectivity index is 4.16. The third kappa shape index (κ3) is 7.23. The summed E-state index contributed by atoms with van der Waals surface area (Å²) in [6.45, 7) is 5.91. The first-order valence-corrected chi connectivity index (χ1v) is 6.57. The molecule has 84 valence electrons. The second-order valence-corrected chi connectivity index (χ2v) is 6.15. The molecule has 0 aliphatic rings. The van der Waals surface area contributed by atoms with E-state index in [9.17, 15) is 8.42 Å². The molecule has 0 fully saturated rings. The van der Waals surface area contributed by atoms with Gasteiger partial charge in [-0.15, -0.1) is 0 Å². The van der Waals surface area contributed by atoms with Crippen LogP contribution in [0.3, 0.4) is 0 Å². The van der Waals surface area contributed by atoms with Crippen molar-refractivity contribution in [1.29, 1.82) is 0 Å². The zero-order valence-electron chi connectivity index (χ0n) is 8.78. The van der Waals surface area contributed by atoms with Gasteiger partial charge in [0, 0.05) is 6.04 Å². The predicted molar refractivity (Wildman–Crippen MR) is 62.6 cm³/mol. The molecule has 1 atom stereocenters. The second-order valence-electron chi connectivity index (χ2n) is 3.87. The van der Waals surface area contributed by atoms with Crippen molar-refractivity contribution in [2.75, 3.05) is 5.75 Å². The third-order valence-corrected chi connectivity index (χ3v) is 3.32. The van der Waals surface area contributed by atoms with E-state index in [1.54, 1.807) is 0 Å². The zero-order valence-corrected chi connectivity index (χ0v) is 10.4. The fraction of sp³-hybridized carbons (Fsp3) is 0.875. The maximum absolute atomic E-state index is 11.4. The van der Waals surface area contributed by atoms with Crippen molar-refractivity contribution < 1.29 is 8.42 Å². The summed E-state index contributed by atoms with van der Waals surface area (Å²) < 4.78 is 25.2. The quantitative estimate of drug-likeness (QED) is 0.666. The monoisotopic (exact) mass is 238 g/mol. The first kappa shape index (κ1) is 13.8. The summed E-state index contributed by atoms with van der Waals surface area (Å²) >= 11 is 4.54. The van der Waals surface area contributed by atoms with Crippen LogP contribution in [-0.2, 0) is 10.0 Å². The lowest BCUT2D eigenvalue weighted by atomic mass is 10.1. The maximum Gasteiger partial charge on any atom is 0.218 e. The Morgan fingerprint density at radius 2 is 1.93 bits per heavy atom. The average Bonchev–Trinajstić information content (AvgIpc) is 1.77. The van der Waals surface area contributed by atoms with Gasteiger partial charge in [-0.3, -0.25) is 0 Å². The van der Waals surface area contributed by atoms with Gasteiger partial charge in [-0.25, -0.2) is 13.1 Å².